The maximum atomic E-state index is 5.70. The molecule has 0 aliphatic carbocycles. The molecule has 1 nitrogen and oxygen atoms in total. The zero-order valence-corrected chi connectivity index (χ0v) is 14.4. The highest BCUT2D eigenvalue weighted by molar-refractivity contribution is 9.09. The molecule has 0 fully saturated rings. The second kappa shape index (κ2) is 8.59. The zero-order chi connectivity index (χ0) is 13.3. The standard InChI is InChI=1S/C16H17BrIO/c17-12-4-5-13-19-16-10-8-15(9-11-16)18-14-6-2-1-3-7-14/h1-3,6-11H,4-5,12-13H2/q+1. The highest BCUT2D eigenvalue weighted by Crippen LogP contribution is 2.09. The van der Waals surface area contributed by atoms with Crippen molar-refractivity contribution in [3.8, 4) is 5.75 Å². The lowest BCUT2D eigenvalue weighted by Crippen LogP contribution is -3.61. The molecule has 0 spiro atoms. The van der Waals surface area contributed by atoms with Gasteiger partial charge in [-0.15, -0.1) is 0 Å². The molecule has 0 N–H and O–H groups in total. The van der Waals surface area contributed by atoms with Gasteiger partial charge in [0.2, 0.25) is 0 Å². The molecule has 0 atom stereocenters. The van der Waals surface area contributed by atoms with Crippen LogP contribution in [0.25, 0.3) is 0 Å². The minimum Gasteiger partial charge on any atom is -0.494 e. The maximum absolute atomic E-state index is 5.70. The van der Waals surface area contributed by atoms with Crippen molar-refractivity contribution >= 4 is 15.9 Å². The fourth-order valence-electron chi connectivity index (χ4n) is 1.58. The van der Waals surface area contributed by atoms with E-state index >= 15 is 0 Å². The molecule has 100 valence electrons. The van der Waals surface area contributed by atoms with Gasteiger partial charge in [0.1, 0.15) is 5.75 Å². The van der Waals surface area contributed by atoms with E-state index in [4.69, 9.17) is 4.74 Å². The molecule has 0 saturated heterocycles. The van der Waals surface area contributed by atoms with Gasteiger partial charge >= 0.3 is 21.2 Å². The topological polar surface area (TPSA) is 9.23 Å². The molecule has 0 aliphatic heterocycles. The summed E-state index contributed by atoms with van der Waals surface area (Å²) >= 11 is 3.36. The number of hydrogen-bond acceptors (Lipinski definition) is 1. The lowest BCUT2D eigenvalue weighted by atomic mass is 10.3. The molecule has 19 heavy (non-hydrogen) atoms. The third-order valence-corrected chi connectivity index (χ3v) is 5.81. The fourth-order valence-corrected chi connectivity index (χ4v) is 4.19. The Kier molecular flexibility index (Phi) is 6.71. The van der Waals surface area contributed by atoms with Crippen LogP contribution in [0.15, 0.2) is 54.6 Å². The molecule has 0 aromatic heterocycles. The van der Waals surface area contributed by atoms with Crippen LogP contribution in [0.3, 0.4) is 0 Å². The molecule has 0 unspecified atom stereocenters. The van der Waals surface area contributed by atoms with Crippen LogP contribution in [0.2, 0.25) is 0 Å². The minimum atomic E-state index is -0.0654. The van der Waals surface area contributed by atoms with E-state index < -0.39 is 0 Å². The Hall–Kier alpha value is -0.550. The van der Waals surface area contributed by atoms with Crippen molar-refractivity contribution < 1.29 is 25.9 Å². The molecule has 3 heteroatoms. The Bertz CT molecular complexity index is 470. The van der Waals surface area contributed by atoms with Crippen LogP contribution in [0, 0.1) is 7.14 Å². The Morgan fingerprint density at radius 2 is 1.53 bits per heavy atom. The van der Waals surface area contributed by atoms with E-state index in [9.17, 15) is 0 Å². The number of unbranched alkanes of at least 4 members (excludes halogenated alkanes) is 1. The Morgan fingerprint density at radius 1 is 0.842 bits per heavy atom. The molecule has 0 saturated carbocycles. The minimum absolute atomic E-state index is 0.0654. The molecule has 0 amide bonds. The number of hydrogen-bond donors (Lipinski definition) is 0. The summed E-state index contributed by atoms with van der Waals surface area (Å²) in [5.74, 6) is 0.982. The summed E-state index contributed by atoms with van der Waals surface area (Å²) in [7, 11) is 0. The van der Waals surface area contributed by atoms with Gasteiger partial charge in [-0.2, -0.15) is 0 Å². The summed E-state index contributed by atoms with van der Waals surface area (Å²) in [5.41, 5.74) is 0. The van der Waals surface area contributed by atoms with Gasteiger partial charge in [0.25, 0.3) is 0 Å². The molecule has 0 aliphatic rings. The third kappa shape index (κ3) is 5.53. The monoisotopic (exact) mass is 431 g/mol. The summed E-state index contributed by atoms with van der Waals surface area (Å²) in [6, 6.07) is 19.3. The zero-order valence-electron chi connectivity index (χ0n) is 10.7. The van der Waals surface area contributed by atoms with Crippen LogP contribution in [0.1, 0.15) is 12.8 Å². The number of halogens is 2. The van der Waals surface area contributed by atoms with Gasteiger partial charge in [0.05, 0.1) is 6.61 Å². The van der Waals surface area contributed by atoms with Crippen molar-refractivity contribution in [1.29, 1.82) is 0 Å². The molecule has 0 bridgehead atoms. The van der Waals surface area contributed by atoms with Gasteiger partial charge in [-0.3, -0.25) is 0 Å². The Labute approximate surface area is 133 Å². The average molecular weight is 432 g/mol. The lowest BCUT2D eigenvalue weighted by Gasteiger charge is -2.04. The first-order valence-corrected chi connectivity index (χ1v) is 9.65. The van der Waals surface area contributed by atoms with Crippen LogP contribution in [0.4, 0.5) is 0 Å². The van der Waals surface area contributed by atoms with Gasteiger partial charge < -0.3 is 4.74 Å². The Balaban J connectivity index is 1.84. The molecule has 2 aromatic carbocycles. The van der Waals surface area contributed by atoms with Crippen LogP contribution < -0.4 is 25.9 Å². The van der Waals surface area contributed by atoms with Crippen LogP contribution >= 0.6 is 15.9 Å². The number of ether oxygens (including phenoxy) is 1. The van der Waals surface area contributed by atoms with Gasteiger partial charge in [0.15, 0.2) is 7.14 Å². The predicted molar refractivity (Wildman–Crippen MR) is 78.8 cm³/mol. The quantitative estimate of drug-likeness (QED) is 0.365. The molecule has 2 aromatic rings. The first-order valence-electron chi connectivity index (χ1n) is 6.37. The van der Waals surface area contributed by atoms with Crippen LogP contribution in [-0.2, 0) is 0 Å². The van der Waals surface area contributed by atoms with E-state index in [1.54, 1.807) is 0 Å². The second-order valence-corrected chi connectivity index (χ2v) is 7.91. The smallest absolute Gasteiger partial charge is 0.357 e. The number of alkyl halides is 1. The first-order chi connectivity index (χ1) is 9.38. The molecular formula is C16H17BrIO+. The Morgan fingerprint density at radius 3 is 2.21 bits per heavy atom. The maximum Gasteiger partial charge on any atom is 0.357 e. The molecule has 0 radical (unpaired) electrons. The molecular weight excluding hydrogens is 415 g/mol. The number of benzene rings is 2. The van der Waals surface area contributed by atoms with Gasteiger partial charge in [-0.05, 0) is 49.2 Å². The largest absolute Gasteiger partial charge is 0.494 e. The van der Waals surface area contributed by atoms with E-state index in [2.05, 4.69) is 70.5 Å². The SMILES string of the molecule is BrCCCCOc1ccc([I+]c2ccccc2)cc1. The highest BCUT2D eigenvalue weighted by Gasteiger charge is 2.14. The molecule has 0 heterocycles. The van der Waals surface area contributed by atoms with Crippen molar-refractivity contribution in [2.45, 2.75) is 12.8 Å². The van der Waals surface area contributed by atoms with E-state index in [0.717, 1.165) is 30.5 Å². The van der Waals surface area contributed by atoms with Crippen molar-refractivity contribution in [3.63, 3.8) is 0 Å². The van der Waals surface area contributed by atoms with E-state index in [-0.39, 0.29) is 21.2 Å². The summed E-state index contributed by atoms with van der Waals surface area (Å²) in [6.07, 6.45) is 2.27. The summed E-state index contributed by atoms with van der Waals surface area (Å²) in [5, 5.41) is 1.05. The van der Waals surface area contributed by atoms with E-state index in [0.29, 0.717) is 0 Å². The van der Waals surface area contributed by atoms with Crippen LogP contribution in [-0.4, -0.2) is 11.9 Å². The van der Waals surface area contributed by atoms with Crippen molar-refractivity contribution in [3.05, 3.63) is 61.7 Å². The van der Waals surface area contributed by atoms with E-state index in [1.807, 2.05) is 0 Å². The van der Waals surface area contributed by atoms with Crippen molar-refractivity contribution in [2.75, 3.05) is 11.9 Å². The second-order valence-electron chi connectivity index (χ2n) is 4.09. The predicted octanol–water partition coefficient (Wildman–Crippen LogP) is 1.37. The summed E-state index contributed by atoms with van der Waals surface area (Å²) in [4.78, 5) is 0. The van der Waals surface area contributed by atoms with E-state index in [1.165, 1.54) is 7.14 Å². The van der Waals surface area contributed by atoms with Gasteiger partial charge in [-0.25, -0.2) is 0 Å². The fraction of sp³-hybridized carbons (Fsp3) is 0.250. The molecule has 2 rings (SSSR count). The van der Waals surface area contributed by atoms with Gasteiger partial charge in [-0.1, -0.05) is 34.1 Å². The first kappa shape index (κ1) is 14.9. The summed E-state index contributed by atoms with van der Waals surface area (Å²) in [6.45, 7) is 0.804. The normalized spacial score (nSPS) is 10.4. The average Bonchev–Trinajstić information content (AvgIpc) is 2.46. The lowest BCUT2D eigenvalue weighted by molar-refractivity contribution is -0.597. The van der Waals surface area contributed by atoms with Gasteiger partial charge in [0, 0.05) is 5.33 Å². The highest BCUT2D eigenvalue weighted by atomic mass is 127. The third-order valence-electron chi connectivity index (χ3n) is 2.56. The number of rotatable bonds is 7. The van der Waals surface area contributed by atoms with Crippen molar-refractivity contribution in [1.82, 2.24) is 0 Å². The van der Waals surface area contributed by atoms with Crippen LogP contribution in [0.5, 0.6) is 5.75 Å². The summed E-state index contributed by atoms with van der Waals surface area (Å²) < 4.78 is 8.58. The van der Waals surface area contributed by atoms with Crippen molar-refractivity contribution in [2.24, 2.45) is 0 Å².